The second-order valence-corrected chi connectivity index (χ2v) is 4.00. The second-order valence-electron chi connectivity index (χ2n) is 4.00. The minimum absolute atomic E-state index is 0.166. The Kier molecular flexibility index (Phi) is 2.90. The van der Waals surface area contributed by atoms with Crippen LogP contribution in [0.5, 0.6) is 0 Å². The molecular formula is C10H16N2O3. The standard InChI is InChI=1S/C10H16N2O3/c1-2-3-11-4-5-12(6-8-7-15-8)10(14)9(11)13/h8H,2-7H2,1H3. The first-order chi connectivity index (χ1) is 7.22. The third-order valence-corrected chi connectivity index (χ3v) is 2.72. The van der Waals surface area contributed by atoms with E-state index in [0.717, 1.165) is 13.0 Å². The van der Waals surface area contributed by atoms with Crippen molar-refractivity contribution >= 4 is 11.8 Å². The molecule has 0 aromatic heterocycles. The Morgan fingerprint density at radius 3 is 2.47 bits per heavy atom. The van der Waals surface area contributed by atoms with Crippen molar-refractivity contribution in [1.82, 2.24) is 9.80 Å². The van der Waals surface area contributed by atoms with E-state index in [-0.39, 0.29) is 17.9 Å². The van der Waals surface area contributed by atoms with Crippen LogP contribution >= 0.6 is 0 Å². The zero-order valence-corrected chi connectivity index (χ0v) is 8.94. The highest BCUT2D eigenvalue weighted by Gasteiger charge is 2.35. The summed E-state index contributed by atoms with van der Waals surface area (Å²) >= 11 is 0. The minimum atomic E-state index is -0.370. The summed E-state index contributed by atoms with van der Waals surface area (Å²) in [5, 5.41) is 0. The van der Waals surface area contributed by atoms with Crippen LogP contribution < -0.4 is 0 Å². The SMILES string of the molecule is CCCN1CCN(CC2CO2)C(=O)C1=O. The first-order valence-electron chi connectivity index (χ1n) is 5.42. The van der Waals surface area contributed by atoms with Crippen LogP contribution in [0.3, 0.4) is 0 Å². The molecule has 2 saturated heterocycles. The molecule has 15 heavy (non-hydrogen) atoms. The van der Waals surface area contributed by atoms with Gasteiger partial charge < -0.3 is 14.5 Å². The van der Waals surface area contributed by atoms with E-state index in [1.807, 2.05) is 6.92 Å². The van der Waals surface area contributed by atoms with Crippen molar-refractivity contribution in [2.45, 2.75) is 19.4 Å². The fraction of sp³-hybridized carbons (Fsp3) is 0.800. The Balaban J connectivity index is 1.91. The van der Waals surface area contributed by atoms with Crippen LogP contribution in [0.2, 0.25) is 0 Å². The van der Waals surface area contributed by atoms with Gasteiger partial charge >= 0.3 is 11.8 Å². The van der Waals surface area contributed by atoms with Gasteiger partial charge in [0, 0.05) is 26.2 Å². The van der Waals surface area contributed by atoms with Crippen molar-refractivity contribution in [3.05, 3.63) is 0 Å². The number of amides is 2. The molecule has 0 bridgehead atoms. The summed E-state index contributed by atoms with van der Waals surface area (Å²) in [5.74, 6) is -0.728. The number of carbonyl (C=O) groups excluding carboxylic acids is 2. The fourth-order valence-corrected chi connectivity index (χ4v) is 1.79. The van der Waals surface area contributed by atoms with Crippen molar-refractivity contribution in [2.75, 3.05) is 32.8 Å². The van der Waals surface area contributed by atoms with E-state index in [1.54, 1.807) is 9.80 Å². The topological polar surface area (TPSA) is 53.1 Å². The molecule has 5 nitrogen and oxygen atoms in total. The van der Waals surface area contributed by atoms with Gasteiger partial charge in [0.15, 0.2) is 0 Å². The molecule has 0 aliphatic carbocycles. The van der Waals surface area contributed by atoms with Crippen molar-refractivity contribution < 1.29 is 14.3 Å². The van der Waals surface area contributed by atoms with E-state index < -0.39 is 0 Å². The molecule has 2 aliphatic heterocycles. The van der Waals surface area contributed by atoms with Crippen LogP contribution in [0.1, 0.15) is 13.3 Å². The third kappa shape index (κ3) is 2.28. The number of carbonyl (C=O) groups is 2. The highest BCUT2D eigenvalue weighted by atomic mass is 16.6. The Bertz CT molecular complexity index is 276. The quantitative estimate of drug-likeness (QED) is 0.465. The molecule has 5 heteroatoms. The smallest absolute Gasteiger partial charge is 0.312 e. The molecule has 0 spiro atoms. The molecule has 2 fully saturated rings. The molecule has 0 aromatic rings. The summed E-state index contributed by atoms with van der Waals surface area (Å²) in [6.07, 6.45) is 1.06. The van der Waals surface area contributed by atoms with Crippen molar-refractivity contribution in [3.8, 4) is 0 Å². The minimum Gasteiger partial charge on any atom is -0.371 e. The molecule has 1 unspecified atom stereocenters. The lowest BCUT2D eigenvalue weighted by atomic mass is 10.2. The number of hydrogen-bond acceptors (Lipinski definition) is 3. The summed E-state index contributed by atoms with van der Waals surface area (Å²) < 4.78 is 5.05. The van der Waals surface area contributed by atoms with Crippen LogP contribution in [0.25, 0.3) is 0 Å². The van der Waals surface area contributed by atoms with Crippen LogP contribution in [0.4, 0.5) is 0 Å². The molecule has 2 heterocycles. The number of hydrogen-bond donors (Lipinski definition) is 0. The summed E-state index contributed by atoms with van der Waals surface area (Å²) in [6, 6.07) is 0. The summed E-state index contributed by atoms with van der Waals surface area (Å²) in [6.45, 7) is 5.28. The summed E-state index contributed by atoms with van der Waals surface area (Å²) in [5.41, 5.74) is 0. The van der Waals surface area contributed by atoms with Gasteiger partial charge in [-0.05, 0) is 6.42 Å². The lowest BCUT2D eigenvalue weighted by Gasteiger charge is -2.33. The Labute approximate surface area is 89.0 Å². The average Bonchev–Trinajstić information content (AvgIpc) is 3.02. The fourth-order valence-electron chi connectivity index (χ4n) is 1.79. The van der Waals surface area contributed by atoms with Crippen LogP contribution in [0.15, 0.2) is 0 Å². The van der Waals surface area contributed by atoms with E-state index in [9.17, 15) is 9.59 Å². The lowest BCUT2D eigenvalue weighted by Crippen LogP contribution is -2.55. The molecule has 1 atom stereocenters. The highest BCUT2D eigenvalue weighted by molar-refractivity contribution is 6.35. The van der Waals surface area contributed by atoms with Gasteiger partial charge in [-0.25, -0.2) is 0 Å². The number of epoxide rings is 1. The van der Waals surface area contributed by atoms with Gasteiger partial charge in [-0.3, -0.25) is 9.59 Å². The molecule has 84 valence electrons. The lowest BCUT2D eigenvalue weighted by molar-refractivity contribution is -0.156. The predicted molar refractivity (Wildman–Crippen MR) is 53.2 cm³/mol. The zero-order valence-electron chi connectivity index (χ0n) is 8.94. The third-order valence-electron chi connectivity index (χ3n) is 2.72. The van der Waals surface area contributed by atoms with E-state index in [0.29, 0.717) is 26.2 Å². The number of ether oxygens (including phenoxy) is 1. The van der Waals surface area contributed by atoms with Crippen molar-refractivity contribution in [1.29, 1.82) is 0 Å². The van der Waals surface area contributed by atoms with Gasteiger partial charge in [0.25, 0.3) is 0 Å². The molecule has 0 aromatic carbocycles. The van der Waals surface area contributed by atoms with E-state index >= 15 is 0 Å². The van der Waals surface area contributed by atoms with Gasteiger partial charge in [0.1, 0.15) is 0 Å². The van der Waals surface area contributed by atoms with Crippen LogP contribution in [-0.4, -0.2) is 60.5 Å². The van der Waals surface area contributed by atoms with Gasteiger partial charge in [-0.1, -0.05) is 6.92 Å². The molecule has 0 radical (unpaired) electrons. The molecule has 0 saturated carbocycles. The largest absolute Gasteiger partial charge is 0.371 e. The van der Waals surface area contributed by atoms with Gasteiger partial charge in [-0.2, -0.15) is 0 Å². The molecule has 2 aliphatic rings. The number of piperazine rings is 1. The Hall–Kier alpha value is -1.10. The van der Waals surface area contributed by atoms with Gasteiger partial charge in [-0.15, -0.1) is 0 Å². The average molecular weight is 212 g/mol. The van der Waals surface area contributed by atoms with Crippen molar-refractivity contribution in [3.63, 3.8) is 0 Å². The highest BCUT2D eigenvalue weighted by Crippen LogP contribution is 2.13. The summed E-state index contributed by atoms with van der Waals surface area (Å²) in [4.78, 5) is 26.5. The predicted octanol–water partition coefficient (Wildman–Crippen LogP) is -0.534. The Morgan fingerprint density at radius 1 is 1.27 bits per heavy atom. The molecular weight excluding hydrogens is 196 g/mol. The maximum absolute atomic E-state index is 11.7. The summed E-state index contributed by atoms with van der Waals surface area (Å²) in [7, 11) is 0. The second kappa shape index (κ2) is 4.18. The molecule has 0 N–H and O–H groups in total. The maximum atomic E-state index is 11.7. The first kappa shape index (κ1) is 10.4. The normalized spacial score (nSPS) is 26.1. The number of nitrogens with zero attached hydrogens (tertiary/aromatic N) is 2. The maximum Gasteiger partial charge on any atom is 0.312 e. The first-order valence-corrected chi connectivity index (χ1v) is 5.42. The monoisotopic (exact) mass is 212 g/mol. The van der Waals surface area contributed by atoms with E-state index in [2.05, 4.69) is 0 Å². The molecule has 2 amide bonds. The van der Waals surface area contributed by atoms with Crippen molar-refractivity contribution in [2.24, 2.45) is 0 Å². The van der Waals surface area contributed by atoms with Crippen LogP contribution in [0, 0.1) is 0 Å². The van der Waals surface area contributed by atoms with E-state index in [1.165, 1.54) is 0 Å². The van der Waals surface area contributed by atoms with Gasteiger partial charge in [0.2, 0.25) is 0 Å². The Morgan fingerprint density at radius 2 is 1.87 bits per heavy atom. The van der Waals surface area contributed by atoms with Gasteiger partial charge in [0.05, 0.1) is 12.7 Å². The molecule has 2 rings (SSSR count). The number of rotatable bonds is 4. The van der Waals surface area contributed by atoms with Crippen LogP contribution in [-0.2, 0) is 14.3 Å². The van der Waals surface area contributed by atoms with E-state index in [4.69, 9.17) is 4.74 Å². The zero-order chi connectivity index (χ0) is 10.8.